The fourth-order valence-electron chi connectivity index (χ4n) is 1.44. The highest BCUT2D eigenvalue weighted by molar-refractivity contribution is 5.38. The van der Waals surface area contributed by atoms with Gasteiger partial charge in [0.1, 0.15) is 17.6 Å². The lowest BCUT2D eigenvalue weighted by atomic mass is 10.1. The molecule has 1 aromatic heterocycles. The number of anilines is 1. The van der Waals surface area contributed by atoms with Crippen LogP contribution >= 0.6 is 0 Å². The highest BCUT2D eigenvalue weighted by Crippen LogP contribution is 2.44. The fraction of sp³-hybridized carbons (Fsp3) is 0.455. The summed E-state index contributed by atoms with van der Waals surface area (Å²) in [5.74, 6) is 0.703. The van der Waals surface area contributed by atoms with Gasteiger partial charge >= 0.3 is 0 Å². The zero-order valence-corrected chi connectivity index (χ0v) is 8.40. The van der Waals surface area contributed by atoms with Crippen molar-refractivity contribution in [2.75, 3.05) is 18.5 Å². The van der Waals surface area contributed by atoms with Crippen LogP contribution in [-0.2, 0) is 0 Å². The van der Waals surface area contributed by atoms with E-state index in [2.05, 4.69) is 10.3 Å². The number of nitrogens with zero attached hydrogens (tertiary/aromatic N) is 2. The molecule has 1 aliphatic carbocycles. The number of nitrogens with one attached hydrogen (secondary N) is 1. The summed E-state index contributed by atoms with van der Waals surface area (Å²) in [5.41, 5.74) is 0.471. The molecule has 0 bridgehead atoms. The molecule has 2 N–H and O–H groups in total. The first kappa shape index (κ1) is 9.94. The van der Waals surface area contributed by atoms with E-state index in [0.29, 0.717) is 11.5 Å². The minimum atomic E-state index is 0.0598. The Kier molecular flexibility index (Phi) is 2.57. The fourth-order valence-corrected chi connectivity index (χ4v) is 1.44. The minimum Gasteiger partial charge on any atom is -0.396 e. The van der Waals surface area contributed by atoms with Gasteiger partial charge in [0.25, 0.3) is 0 Å². The second kappa shape index (κ2) is 3.87. The Morgan fingerprint density at radius 3 is 2.93 bits per heavy atom. The molecule has 0 unspecified atom stereocenters. The Hall–Kier alpha value is -1.60. The van der Waals surface area contributed by atoms with Crippen molar-refractivity contribution in [2.45, 2.75) is 12.8 Å². The summed E-state index contributed by atoms with van der Waals surface area (Å²) in [6.07, 6.45) is 2.13. The molecule has 1 aliphatic rings. The summed E-state index contributed by atoms with van der Waals surface area (Å²) in [6.45, 7) is 0.948. The van der Waals surface area contributed by atoms with Gasteiger partial charge < -0.3 is 10.4 Å². The molecule has 0 amide bonds. The molecule has 0 radical (unpaired) electrons. The normalized spacial score (nSPS) is 16.8. The lowest BCUT2D eigenvalue weighted by Gasteiger charge is -2.12. The highest BCUT2D eigenvalue weighted by Gasteiger charge is 2.41. The Bertz CT molecular complexity index is 393. The van der Waals surface area contributed by atoms with Crippen molar-refractivity contribution >= 4 is 5.82 Å². The Labute approximate surface area is 88.6 Å². The summed E-state index contributed by atoms with van der Waals surface area (Å²) >= 11 is 0. The smallest absolute Gasteiger partial charge is 0.142 e. The maximum atomic E-state index is 9.12. The van der Waals surface area contributed by atoms with Gasteiger partial charge in [0.15, 0.2) is 0 Å². The van der Waals surface area contributed by atoms with E-state index in [9.17, 15) is 0 Å². The third-order valence-electron chi connectivity index (χ3n) is 2.80. The number of nitriles is 1. The number of hydrogen-bond acceptors (Lipinski definition) is 4. The maximum Gasteiger partial charge on any atom is 0.142 e. The molecule has 1 fully saturated rings. The van der Waals surface area contributed by atoms with Crippen LogP contribution in [0.4, 0.5) is 5.82 Å². The first-order chi connectivity index (χ1) is 7.28. The van der Waals surface area contributed by atoms with Crippen molar-refractivity contribution in [2.24, 2.45) is 5.41 Å². The second-order valence-corrected chi connectivity index (χ2v) is 4.03. The van der Waals surface area contributed by atoms with Crippen LogP contribution in [0.5, 0.6) is 0 Å². The van der Waals surface area contributed by atoms with Crippen molar-refractivity contribution in [3.05, 3.63) is 23.9 Å². The minimum absolute atomic E-state index is 0.0598. The van der Waals surface area contributed by atoms with Crippen LogP contribution in [0.1, 0.15) is 18.5 Å². The average molecular weight is 203 g/mol. The van der Waals surface area contributed by atoms with Crippen LogP contribution < -0.4 is 5.32 Å². The van der Waals surface area contributed by atoms with E-state index in [1.807, 2.05) is 12.1 Å². The summed E-state index contributed by atoms with van der Waals surface area (Å²) in [4.78, 5) is 4.10. The number of rotatable bonds is 4. The summed E-state index contributed by atoms with van der Waals surface area (Å²) < 4.78 is 0. The molecule has 0 aliphatic heterocycles. The van der Waals surface area contributed by atoms with Gasteiger partial charge in [-0.3, -0.25) is 0 Å². The van der Waals surface area contributed by atoms with E-state index in [-0.39, 0.29) is 12.0 Å². The molecule has 1 heterocycles. The molecular formula is C11H13N3O. The molecule has 0 saturated heterocycles. The van der Waals surface area contributed by atoms with E-state index < -0.39 is 0 Å². The van der Waals surface area contributed by atoms with Crippen molar-refractivity contribution in [3.8, 4) is 6.07 Å². The molecular weight excluding hydrogens is 190 g/mol. The standard InChI is InChI=1S/C11H13N3O/c12-6-9-2-1-3-10(14-9)13-7-11(8-15)4-5-11/h1-3,15H,4-5,7-8H2,(H,13,14). The first-order valence-corrected chi connectivity index (χ1v) is 5.00. The van der Waals surface area contributed by atoms with E-state index in [4.69, 9.17) is 10.4 Å². The molecule has 0 atom stereocenters. The van der Waals surface area contributed by atoms with E-state index >= 15 is 0 Å². The van der Waals surface area contributed by atoms with Crippen LogP contribution in [-0.4, -0.2) is 23.2 Å². The largest absolute Gasteiger partial charge is 0.396 e. The van der Waals surface area contributed by atoms with Gasteiger partial charge in [-0.1, -0.05) is 6.07 Å². The predicted octanol–water partition coefficient (Wildman–Crippen LogP) is 1.14. The van der Waals surface area contributed by atoms with Crippen molar-refractivity contribution in [1.29, 1.82) is 5.26 Å². The number of aromatic nitrogens is 1. The van der Waals surface area contributed by atoms with Gasteiger partial charge in [0, 0.05) is 12.0 Å². The Morgan fingerprint density at radius 1 is 1.53 bits per heavy atom. The Morgan fingerprint density at radius 2 is 2.33 bits per heavy atom. The van der Waals surface area contributed by atoms with Gasteiger partial charge in [-0.2, -0.15) is 5.26 Å². The van der Waals surface area contributed by atoms with Crippen LogP contribution in [0.25, 0.3) is 0 Å². The highest BCUT2D eigenvalue weighted by atomic mass is 16.3. The molecule has 4 heteroatoms. The maximum absolute atomic E-state index is 9.12. The molecule has 4 nitrogen and oxygen atoms in total. The zero-order chi connectivity index (χ0) is 10.7. The molecule has 78 valence electrons. The van der Waals surface area contributed by atoms with Gasteiger partial charge in [-0.25, -0.2) is 4.98 Å². The van der Waals surface area contributed by atoms with Crippen LogP contribution in [0.3, 0.4) is 0 Å². The SMILES string of the molecule is N#Cc1cccc(NCC2(CO)CC2)n1. The van der Waals surface area contributed by atoms with Crippen LogP contribution in [0.15, 0.2) is 18.2 Å². The van der Waals surface area contributed by atoms with Crippen LogP contribution in [0, 0.1) is 16.7 Å². The second-order valence-electron chi connectivity index (χ2n) is 4.03. The number of aliphatic hydroxyl groups excluding tert-OH is 1. The topological polar surface area (TPSA) is 68.9 Å². The number of pyridine rings is 1. The van der Waals surface area contributed by atoms with Crippen molar-refractivity contribution < 1.29 is 5.11 Å². The molecule has 0 aromatic carbocycles. The van der Waals surface area contributed by atoms with Gasteiger partial charge in [0.2, 0.25) is 0 Å². The lowest BCUT2D eigenvalue weighted by molar-refractivity contribution is 0.219. The molecule has 1 saturated carbocycles. The zero-order valence-electron chi connectivity index (χ0n) is 8.40. The quantitative estimate of drug-likeness (QED) is 0.769. The van der Waals surface area contributed by atoms with Gasteiger partial charge in [-0.05, 0) is 25.0 Å². The summed E-state index contributed by atoms with van der Waals surface area (Å²) in [5, 5.41) is 20.9. The van der Waals surface area contributed by atoms with Crippen molar-refractivity contribution in [1.82, 2.24) is 4.98 Å². The Balaban J connectivity index is 1.96. The average Bonchev–Trinajstić information content (AvgIpc) is 3.07. The summed E-state index contributed by atoms with van der Waals surface area (Å²) in [7, 11) is 0. The van der Waals surface area contributed by atoms with E-state index in [1.54, 1.807) is 12.1 Å². The molecule has 1 aromatic rings. The van der Waals surface area contributed by atoms with E-state index in [1.165, 1.54) is 0 Å². The molecule has 15 heavy (non-hydrogen) atoms. The molecule has 0 spiro atoms. The van der Waals surface area contributed by atoms with Crippen LogP contribution in [0.2, 0.25) is 0 Å². The number of hydrogen-bond donors (Lipinski definition) is 2. The molecule has 2 rings (SSSR count). The first-order valence-electron chi connectivity index (χ1n) is 5.00. The third kappa shape index (κ3) is 2.25. The predicted molar refractivity (Wildman–Crippen MR) is 56.2 cm³/mol. The monoisotopic (exact) mass is 203 g/mol. The van der Waals surface area contributed by atoms with Crippen molar-refractivity contribution in [3.63, 3.8) is 0 Å². The van der Waals surface area contributed by atoms with Gasteiger partial charge in [0.05, 0.1) is 6.61 Å². The third-order valence-corrected chi connectivity index (χ3v) is 2.80. The van der Waals surface area contributed by atoms with E-state index in [0.717, 1.165) is 19.4 Å². The van der Waals surface area contributed by atoms with Gasteiger partial charge in [-0.15, -0.1) is 0 Å². The lowest BCUT2D eigenvalue weighted by Crippen LogP contribution is -2.19. The summed E-state index contributed by atoms with van der Waals surface area (Å²) in [6, 6.07) is 7.29. The number of aliphatic hydroxyl groups is 1.